The van der Waals surface area contributed by atoms with Crippen molar-refractivity contribution in [2.45, 2.75) is 37.8 Å². The van der Waals surface area contributed by atoms with Crippen LogP contribution in [-0.4, -0.2) is 56.1 Å². The van der Waals surface area contributed by atoms with Crippen LogP contribution >= 0.6 is 0 Å². The number of hydrogen-bond acceptors (Lipinski definition) is 6. The molecule has 4 rings (SSSR count). The molecule has 3 aliphatic rings. The van der Waals surface area contributed by atoms with Gasteiger partial charge in [-0.25, -0.2) is 4.79 Å². The van der Waals surface area contributed by atoms with Crippen molar-refractivity contribution in [3.8, 4) is 0 Å². The molecule has 0 radical (unpaired) electrons. The van der Waals surface area contributed by atoms with Crippen LogP contribution in [0.2, 0.25) is 0 Å². The van der Waals surface area contributed by atoms with Gasteiger partial charge in [-0.2, -0.15) is 0 Å². The number of imide groups is 1. The van der Waals surface area contributed by atoms with Gasteiger partial charge in [-0.1, -0.05) is 18.6 Å². The minimum atomic E-state index is -1.94. The van der Waals surface area contributed by atoms with E-state index in [4.69, 9.17) is 0 Å². The first-order valence-corrected chi connectivity index (χ1v) is 9.73. The maximum absolute atomic E-state index is 13.4. The summed E-state index contributed by atoms with van der Waals surface area (Å²) in [6.45, 7) is 1.30. The molecular weight excluding hydrogens is 394 g/mol. The predicted octanol–water partition coefficient (Wildman–Crippen LogP) is 1.35. The van der Waals surface area contributed by atoms with Gasteiger partial charge in [-0.15, -0.1) is 0 Å². The molecular formula is C20H21N3O7. The fraction of sp³-hybridized carbons (Fsp3) is 0.500. The van der Waals surface area contributed by atoms with Crippen molar-refractivity contribution in [2.24, 2.45) is 17.8 Å². The largest absolute Gasteiger partial charge is 0.479 e. The maximum Gasteiger partial charge on any atom is 0.330 e. The average molecular weight is 415 g/mol. The van der Waals surface area contributed by atoms with Crippen molar-refractivity contribution >= 4 is 29.4 Å². The Morgan fingerprint density at radius 2 is 1.90 bits per heavy atom. The second kappa shape index (κ2) is 6.61. The van der Waals surface area contributed by atoms with Crippen LogP contribution in [0.1, 0.15) is 37.8 Å². The molecule has 0 aromatic heterocycles. The average Bonchev–Trinajstić information content (AvgIpc) is 3.06. The van der Waals surface area contributed by atoms with Crippen LogP contribution in [0, 0.1) is 27.9 Å². The van der Waals surface area contributed by atoms with Crippen LogP contribution < -0.4 is 0 Å². The topological polar surface area (TPSA) is 138 Å². The van der Waals surface area contributed by atoms with Crippen LogP contribution in [0.5, 0.6) is 0 Å². The van der Waals surface area contributed by atoms with Gasteiger partial charge in [0.2, 0.25) is 17.7 Å². The molecule has 10 nitrogen and oxygen atoms in total. The van der Waals surface area contributed by atoms with E-state index in [1.807, 2.05) is 0 Å². The highest BCUT2D eigenvalue weighted by Crippen LogP contribution is 2.56. The van der Waals surface area contributed by atoms with Crippen molar-refractivity contribution < 1.29 is 29.2 Å². The minimum Gasteiger partial charge on any atom is -0.479 e. The van der Waals surface area contributed by atoms with Crippen molar-refractivity contribution in [3.05, 3.63) is 39.9 Å². The highest BCUT2D eigenvalue weighted by molar-refractivity contribution is 6.10. The van der Waals surface area contributed by atoms with Gasteiger partial charge in [0.15, 0.2) is 5.54 Å². The zero-order chi connectivity index (χ0) is 22.0. The van der Waals surface area contributed by atoms with Gasteiger partial charge < -0.3 is 10.0 Å². The van der Waals surface area contributed by atoms with Crippen molar-refractivity contribution in [1.82, 2.24) is 9.80 Å². The van der Waals surface area contributed by atoms with E-state index in [0.29, 0.717) is 12.8 Å². The molecule has 4 atom stereocenters. The van der Waals surface area contributed by atoms with Gasteiger partial charge in [-0.3, -0.25) is 29.4 Å². The van der Waals surface area contributed by atoms with Crippen LogP contribution in [0.4, 0.5) is 5.69 Å². The summed E-state index contributed by atoms with van der Waals surface area (Å²) < 4.78 is 0. The number of rotatable bonds is 4. The Labute approximate surface area is 171 Å². The second-order valence-electron chi connectivity index (χ2n) is 8.32. The fourth-order valence-corrected chi connectivity index (χ4v) is 4.98. The first kappa shape index (κ1) is 20.0. The Morgan fingerprint density at radius 3 is 2.43 bits per heavy atom. The third-order valence-corrected chi connectivity index (χ3v) is 6.84. The van der Waals surface area contributed by atoms with Crippen molar-refractivity contribution in [1.29, 1.82) is 0 Å². The van der Waals surface area contributed by atoms with E-state index in [1.54, 1.807) is 0 Å². The summed E-state index contributed by atoms with van der Waals surface area (Å²) in [4.78, 5) is 64.4. The number of carbonyl (C=O) groups excluding carboxylic acids is 3. The Balaban J connectivity index is 1.94. The number of nitrogens with zero attached hydrogens (tertiary/aromatic N) is 3. The standard InChI is InChI=1S/C20H21N3O7/c1-20(19(27)28)14-13(17(25)21(2)18(14)26)15(22(20)16(24)10-5-3-6-10)11-7-4-8-12(9-11)23(29)30/h4,7-10,13-15H,3,5-6H2,1-2H3,(H,27,28). The minimum absolute atomic E-state index is 0.242. The molecule has 1 aromatic carbocycles. The molecule has 3 fully saturated rings. The summed E-state index contributed by atoms with van der Waals surface area (Å²) in [5.41, 5.74) is -1.91. The molecule has 2 saturated heterocycles. The number of non-ortho nitro benzene ring substituents is 1. The van der Waals surface area contributed by atoms with Crippen molar-refractivity contribution in [3.63, 3.8) is 0 Å². The highest BCUT2D eigenvalue weighted by atomic mass is 16.6. The van der Waals surface area contributed by atoms with Gasteiger partial charge in [0.25, 0.3) is 5.69 Å². The van der Waals surface area contributed by atoms with Crippen LogP contribution in [-0.2, 0) is 19.2 Å². The van der Waals surface area contributed by atoms with Crippen LogP contribution in [0.15, 0.2) is 24.3 Å². The van der Waals surface area contributed by atoms with E-state index in [-0.39, 0.29) is 17.2 Å². The summed E-state index contributed by atoms with van der Waals surface area (Å²) in [5.74, 6) is -5.82. The first-order chi connectivity index (χ1) is 14.1. The van der Waals surface area contributed by atoms with Gasteiger partial charge >= 0.3 is 5.97 Å². The Hall–Kier alpha value is -3.30. The Morgan fingerprint density at radius 1 is 1.23 bits per heavy atom. The molecule has 1 aliphatic carbocycles. The van der Waals surface area contributed by atoms with Gasteiger partial charge in [0, 0.05) is 25.1 Å². The lowest BCUT2D eigenvalue weighted by atomic mass is 9.79. The van der Waals surface area contributed by atoms with Crippen molar-refractivity contribution in [2.75, 3.05) is 7.05 Å². The molecule has 1 N–H and O–H groups in total. The number of nitro benzene ring substituents is 1. The molecule has 158 valence electrons. The normalized spacial score (nSPS) is 30.9. The summed E-state index contributed by atoms with van der Waals surface area (Å²) >= 11 is 0. The number of carbonyl (C=O) groups is 4. The van der Waals surface area contributed by atoms with E-state index in [0.717, 1.165) is 16.2 Å². The number of nitro groups is 1. The molecule has 1 aromatic rings. The molecule has 0 spiro atoms. The molecule has 4 unspecified atom stereocenters. The predicted molar refractivity (Wildman–Crippen MR) is 101 cm³/mol. The zero-order valence-electron chi connectivity index (χ0n) is 16.5. The maximum atomic E-state index is 13.4. The van der Waals surface area contributed by atoms with E-state index in [1.165, 1.54) is 38.2 Å². The highest BCUT2D eigenvalue weighted by Gasteiger charge is 2.71. The summed E-state index contributed by atoms with van der Waals surface area (Å²) in [6, 6.07) is 4.39. The Bertz CT molecular complexity index is 988. The number of likely N-dealkylation sites (tertiary alicyclic amines) is 2. The third-order valence-electron chi connectivity index (χ3n) is 6.84. The van der Waals surface area contributed by atoms with E-state index in [2.05, 4.69) is 0 Å². The lowest BCUT2D eigenvalue weighted by molar-refractivity contribution is -0.385. The lowest BCUT2D eigenvalue weighted by Gasteiger charge is -2.41. The first-order valence-electron chi connectivity index (χ1n) is 9.73. The number of aliphatic carboxylic acids is 1. The lowest BCUT2D eigenvalue weighted by Crippen LogP contribution is -2.58. The smallest absolute Gasteiger partial charge is 0.330 e. The fourth-order valence-electron chi connectivity index (χ4n) is 4.98. The number of carboxylic acids is 1. The number of carboxylic acid groups (broad SMARTS) is 1. The van der Waals surface area contributed by atoms with Gasteiger partial charge in [0.1, 0.15) is 0 Å². The van der Waals surface area contributed by atoms with Crippen LogP contribution in [0.25, 0.3) is 0 Å². The van der Waals surface area contributed by atoms with E-state index < -0.39 is 52.0 Å². The quantitative estimate of drug-likeness (QED) is 0.445. The molecule has 10 heteroatoms. The SMILES string of the molecule is CN1C(=O)C2C(c3cccc([N+](=O)[O-])c3)N(C(=O)C3CCC3)C(C)(C(=O)O)C2C1=O. The van der Waals surface area contributed by atoms with Gasteiger partial charge in [0.05, 0.1) is 22.8 Å². The molecule has 30 heavy (non-hydrogen) atoms. The Kier molecular flexibility index (Phi) is 4.41. The van der Waals surface area contributed by atoms with E-state index >= 15 is 0 Å². The van der Waals surface area contributed by atoms with Crippen LogP contribution in [0.3, 0.4) is 0 Å². The van der Waals surface area contributed by atoms with E-state index in [9.17, 15) is 34.4 Å². The number of fused-ring (bicyclic) bond motifs is 1. The van der Waals surface area contributed by atoms with Gasteiger partial charge in [-0.05, 0) is 25.3 Å². The molecule has 2 heterocycles. The molecule has 1 saturated carbocycles. The third kappa shape index (κ3) is 2.49. The summed E-state index contributed by atoms with van der Waals surface area (Å²) in [6.07, 6.45) is 2.04. The molecule has 3 amide bonds. The molecule has 0 bridgehead atoms. The summed E-state index contributed by atoms with van der Waals surface area (Å²) in [5, 5.41) is 21.4. The number of benzene rings is 1. The zero-order valence-corrected chi connectivity index (χ0v) is 16.5. The second-order valence-corrected chi connectivity index (χ2v) is 8.32. The number of hydrogen-bond donors (Lipinski definition) is 1. The number of amides is 3. The summed E-state index contributed by atoms with van der Waals surface area (Å²) in [7, 11) is 1.29. The monoisotopic (exact) mass is 415 g/mol. The molecule has 2 aliphatic heterocycles.